The van der Waals surface area contributed by atoms with E-state index in [-0.39, 0.29) is 11.1 Å². The lowest BCUT2D eigenvalue weighted by Crippen LogP contribution is -2.17. The quantitative estimate of drug-likeness (QED) is 0.842. The topological polar surface area (TPSA) is 12.0 Å². The lowest BCUT2D eigenvalue weighted by molar-refractivity contribution is -0.137. The summed E-state index contributed by atoms with van der Waals surface area (Å²) in [5.41, 5.74) is -0.147. The van der Waals surface area contributed by atoms with E-state index in [1.165, 1.54) is 18.9 Å². The van der Waals surface area contributed by atoms with Crippen LogP contribution in [0.4, 0.5) is 18.9 Å². The first kappa shape index (κ1) is 12.6. The SMILES string of the molecule is CC(Nc1ccc(C(F)(F)F)cc1Cl)C1CC1. The van der Waals surface area contributed by atoms with Crippen LogP contribution < -0.4 is 5.32 Å². The summed E-state index contributed by atoms with van der Waals surface area (Å²) in [4.78, 5) is 0. The highest BCUT2D eigenvalue weighted by Crippen LogP contribution is 2.37. The van der Waals surface area contributed by atoms with Crippen molar-refractivity contribution < 1.29 is 13.2 Å². The van der Waals surface area contributed by atoms with Crippen LogP contribution >= 0.6 is 11.6 Å². The Morgan fingerprint density at radius 3 is 2.47 bits per heavy atom. The van der Waals surface area contributed by atoms with Crippen molar-refractivity contribution in [2.75, 3.05) is 5.32 Å². The van der Waals surface area contributed by atoms with Crippen LogP contribution in [-0.2, 0) is 6.18 Å². The first-order valence-electron chi connectivity index (χ1n) is 5.51. The second-order valence-electron chi connectivity index (χ2n) is 4.46. The molecule has 1 nitrogen and oxygen atoms in total. The Morgan fingerprint density at radius 1 is 1.35 bits per heavy atom. The molecule has 1 atom stereocenters. The van der Waals surface area contributed by atoms with E-state index in [0.29, 0.717) is 11.6 Å². The second kappa shape index (κ2) is 4.41. The zero-order valence-corrected chi connectivity index (χ0v) is 10.1. The molecule has 1 fully saturated rings. The van der Waals surface area contributed by atoms with Crippen LogP contribution in [0.5, 0.6) is 0 Å². The first-order valence-corrected chi connectivity index (χ1v) is 5.89. The summed E-state index contributed by atoms with van der Waals surface area (Å²) >= 11 is 5.84. The Balaban J connectivity index is 2.13. The van der Waals surface area contributed by atoms with Crippen molar-refractivity contribution in [3.8, 4) is 0 Å². The first-order chi connectivity index (χ1) is 7.88. The Kier molecular flexibility index (Phi) is 3.25. The Morgan fingerprint density at radius 2 is 2.00 bits per heavy atom. The summed E-state index contributed by atoms with van der Waals surface area (Å²) in [6, 6.07) is 3.66. The van der Waals surface area contributed by atoms with Crippen molar-refractivity contribution in [2.24, 2.45) is 5.92 Å². The summed E-state index contributed by atoms with van der Waals surface area (Å²) in [6.07, 6.45) is -2.00. The van der Waals surface area contributed by atoms with Gasteiger partial charge in [0.25, 0.3) is 0 Å². The third kappa shape index (κ3) is 3.06. The minimum absolute atomic E-state index is 0.118. The molecule has 0 radical (unpaired) electrons. The van der Waals surface area contributed by atoms with Gasteiger partial charge in [0, 0.05) is 6.04 Å². The molecule has 1 aromatic carbocycles. The maximum absolute atomic E-state index is 12.4. The fourth-order valence-electron chi connectivity index (χ4n) is 1.77. The summed E-state index contributed by atoms with van der Waals surface area (Å²) in [6.45, 7) is 2.02. The van der Waals surface area contributed by atoms with E-state index in [2.05, 4.69) is 5.32 Å². The second-order valence-corrected chi connectivity index (χ2v) is 4.87. The van der Waals surface area contributed by atoms with E-state index in [0.717, 1.165) is 12.1 Å². The number of rotatable bonds is 3. The summed E-state index contributed by atoms with van der Waals surface area (Å²) < 4.78 is 37.3. The van der Waals surface area contributed by atoms with Crippen LogP contribution in [0.1, 0.15) is 25.3 Å². The van der Waals surface area contributed by atoms with Gasteiger partial charge >= 0.3 is 6.18 Å². The molecule has 0 aromatic heterocycles. The molecule has 0 aliphatic heterocycles. The number of halogens is 4. The van der Waals surface area contributed by atoms with Gasteiger partial charge in [-0.15, -0.1) is 0 Å². The van der Waals surface area contributed by atoms with Gasteiger partial charge in [-0.25, -0.2) is 0 Å². The molecule has 1 aromatic rings. The van der Waals surface area contributed by atoms with Gasteiger partial charge in [0.2, 0.25) is 0 Å². The summed E-state index contributed by atoms with van der Waals surface area (Å²) in [7, 11) is 0. The van der Waals surface area contributed by atoms with E-state index < -0.39 is 11.7 Å². The van der Waals surface area contributed by atoms with Crippen LogP contribution in [0, 0.1) is 5.92 Å². The van der Waals surface area contributed by atoms with Gasteiger partial charge in [0.05, 0.1) is 16.3 Å². The molecule has 2 rings (SSSR count). The van der Waals surface area contributed by atoms with Crippen LogP contribution in [0.2, 0.25) is 5.02 Å². The minimum Gasteiger partial charge on any atom is -0.381 e. The van der Waals surface area contributed by atoms with E-state index in [4.69, 9.17) is 11.6 Å². The average molecular weight is 264 g/mol. The van der Waals surface area contributed by atoms with E-state index in [9.17, 15) is 13.2 Å². The normalized spacial score (nSPS) is 17.9. The van der Waals surface area contributed by atoms with Gasteiger partial charge in [-0.2, -0.15) is 13.2 Å². The molecule has 0 amide bonds. The lowest BCUT2D eigenvalue weighted by atomic mass is 10.1. The highest BCUT2D eigenvalue weighted by molar-refractivity contribution is 6.33. The highest BCUT2D eigenvalue weighted by atomic mass is 35.5. The van der Waals surface area contributed by atoms with Crippen molar-refractivity contribution in [3.05, 3.63) is 28.8 Å². The Labute approximate surface area is 103 Å². The molecule has 94 valence electrons. The maximum Gasteiger partial charge on any atom is 0.416 e. The molecule has 0 heterocycles. The Bertz CT molecular complexity index is 413. The molecule has 1 aliphatic rings. The van der Waals surface area contributed by atoms with Gasteiger partial charge in [-0.1, -0.05) is 11.6 Å². The van der Waals surface area contributed by atoms with Gasteiger partial charge in [-0.3, -0.25) is 0 Å². The van der Waals surface area contributed by atoms with Crippen molar-refractivity contribution in [1.82, 2.24) is 0 Å². The van der Waals surface area contributed by atoms with E-state index in [1.54, 1.807) is 0 Å². The lowest BCUT2D eigenvalue weighted by Gasteiger charge is -2.16. The fourth-order valence-corrected chi connectivity index (χ4v) is 2.00. The number of anilines is 1. The molecular formula is C12H13ClF3N. The molecular weight excluding hydrogens is 251 g/mol. The zero-order valence-electron chi connectivity index (χ0n) is 9.31. The number of hydrogen-bond acceptors (Lipinski definition) is 1. The number of hydrogen-bond donors (Lipinski definition) is 1. The monoisotopic (exact) mass is 263 g/mol. The van der Waals surface area contributed by atoms with Crippen molar-refractivity contribution in [1.29, 1.82) is 0 Å². The largest absolute Gasteiger partial charge is 0.416 e. The summed E-state index contributed by atoms with van der Waals surface area (Å²) in [5, 5.41) is 3.27. The molecule has 1 N–H and O–H groups in total. The van der Waals surface area contributed by atoms with Gasteiger partial charge in [0.15, 0.2) is 0 Å². The van der Waals surface area contributed by atoms with Crippen molar-refractivity contribution in [2.45, 2.75) is 32.0 Å². The molecule has 0 bridgehead atoms. The molecule has 1 saturated carbocycles. The van der Waals surface area contributed by atoms with Crippen molar-refractivity contribution in [3.63, 3.8) is 0 Å². The predicted octanol–water partition coefficient (Wildman–Crippen LogP) is 4.57. The zero-order chi connectivity index (χ0) is 12.6. The number of benzene rings is 1. The summed E-state index contributed by atoms with van der Waals surface area (Å²) in [5.74, 6) is 0.619. The molecule has 5 heteroatoms. The molecule has 17 heavy (non-hydrogen) atoms. The smallest absolute Gasteiger partial charge is 0.381 e. The fraction of sp³-hybridized carbons (Fsp3) is 0.500. The van der Waals surface area contributed by atoms with Crippen molar-refractivity contribution >= 4 is 17.3 Å². The average Bonchev–Trinajstić information content (AvgIpc) is 3.02. The molecule has 1 aliphatic carbocycles. The third-order valence-electron chi connectivity index (χ3n) is 3.01. The highest BCUT2D eigenvalue weighted by Gasteiger charge is 2.31. The van der Waals surface area contributed by atoms with Crippen LogP contribution in [0.3, 0.4) is 0 Å². The van der Waals surface area contributed by atoms with Gasteiger partial charge < -0.3 is 5.32 Å². The molecule has 0 saturated heterocycles. The maximum atomic E-state index is 12.4. The van der Waals surface area contributed by atoms with Gasteiger partial charge in [-0.05, 0) is 43.9 Å². The number of nitrogens with one attached hydrogen (secondary N) is 1. The van der Waals surface area contributed by atoms with E-state index in [1.807, 2.05) is 6.92 Å². The third-order valence-corrected chi connectivity index (χ3v) is 3.32. The van der Waals surface area contributed by atoms with E-state index >= 15 is 0 Å². The van der Waals surface area contributed by atoms with Crippen LogP contribution in [0.15, 0.2) is 18.2 Å². The van der Waals surface area contributed by atoms with Crippen LogP contribution in [0.25, 0.3) is 0 Å². The Hall–Kier alpha value is -0.900. The standard InChI is InChI=1S/C12H13ClF3N/c1-7(8-2-3-8)17-11-5-4-9(6-10(11)13)12(14,15)16/h4-8,17H,2-3H2,1H3. The number of alkyl halides is 3. The van der Waals surface area contributed by atoms with Crippen LogP contribution in [-0.4, -0.2) is 6.04 Å². The molecule has 1 unspecified atom stereocenters. The minimum atomic E-state index is -4.34. The predicted molar refractivity (Wildman–Crippen MR) is 62.3 cm³/mol. The molecule has 0 spiro atoms. The van der Waals surface area contributed by atoms with Gasteiger partial charge in [0.1, 0.15) is 0 Å².